The Morgan fingerprint density at radius 2 is 2.11 bits per heavy atom. The Bertz CT molecular complexity index is 599. The number of halogens is 1. The van der Waals surface area contributed by atoms with Gasteiger partial charge >= 0.3 is 0 Å². The molecule has 1 aromatic heterocycles. The molecule has 0 atom stereocenters. The van der Waals surface area contributed by atoms with Crippen LogP contribution in [0, 0.1) is 12.7 Å². The van der Waals surface area contributed by atoms with Gasteiger partial charge in [-0.25, -0.2) is 4.39 Å². The van der Waals surface area contributed by atoms with Crippen molar-refractivity contribution in [3.63, 3.8) is 0 Å². The number of nitrogens with two attached hydrogens (primary N) is 1. The van der Waals surface area contributed by atoms with Gasteiger partial charge in [-0.05, 0) is 36.8 Å². The zero-order valence-corrected chi connectivity index (χ0v) is 10.6. The summed E-state index contributed by atoms with van der Waals surface area (Å²) in [6.07, 6.45) is 3.26. The number of aromatic nitrogens is 1. The summed E-state index contributed by atoms with van der Waals surface area (Å²) in [6.45, 7) is 1.82. The van der Waals surface area contributed by atoms with Gasteiger partial charge in [0.05, 0.1) is 11.9 Å². The van der Waals surface area contributed by atoms with E-state index >= 15 is 0 Å². The van der Waals surface area contributed by atoms with E-state index in [0.717, 1.165) is 11.3 Å². The van der Waals surface area contributed by atoms with Crippen LogP contribution in [0.4, 0.5) is 15.8 Å². The molecule has 3 nitrogen and oxygen atoms in total. The first kappa shape index (κ1) is 12.4. The van der Waals surface area contributed by atoms with Crippen molar-refractivity contribution in [2.45, 2.75) is 6.92 Å². The fourth-order valence-electron chi connectivity index (χ4n) is 1.62. The average molecular weight is 261 g/mol. The standard InChI is InChI=1S/C13H12FN3S/c1-8-6-9(14)2-3-11(8)17-12-7-16-5-4-10(12)13(15)18/h2-7,17H,1H3,(H2,15,18). The van der Waals surface area contributed by atoms with Crippen molar-refractivity contribution in [1.29, 1.82) is 0 Å². The highest BCUT2D eigenvalue weighted by atomic mass is 32.1. The lowest BCUT2D eigenvalue weighted by molar-refractivity contribution is 0.627. The Balaban J connectivity index is 2.37. The van der Waals surface area contributed by atoms with Crippen LogP contribution in [0.3, 0.4) is 0 Å². The third kappa shape index (κ3) is 2.62. The second kappa shape index (κ2) is 5.10. The van der Waals surface area contributed by atoms with Gasteiger partial charge in [0, 0.05) is 17.4 Å². The van der Waals surface area contributed by atoms with Gasteiger partial charge in [0.1, 0.15) is 10.8 Å². The van der Waals surface area contributed by atoms with Crippen molar-refractivity contribution in [2.24, 2.45) is 5.73 Å². The van der Waals surface area contributed by atoms with E-state index in [2.05, 4.69) is 10.3 Å². The van der Waals surface area contributed by atoms with Gasteiger partial charge in [-0.3, -0.25) is 4.98 Å². The van der Waals surface area contributed by atoms with E-state index in [0.29, 0.717) is 16.2 Å². The molecule has 5 heteroatoms. The highest BCUT2D eigenvalue weighted by molar-refractivity contribution is 7.80. The molecule has 1 aromatic carbocycles. The maximum atomic E-state index is 13.0. The maximum absolute atomic E-state index is 13.0. The van der Waals surface area contributed by atoms with Crippen molar-refractivity contribution in [1.82, 2.24) is 4.98 Å². The Morgan fingerprint density at radius 1 is 1.33 bits per heavy atom. The number of anilines is 2. The van der Waals surface area contributed by atoms with Crippen molar-refractivity contribution >= 4 is 28.6 Å². The largest absolute Gasteiger partial charge is 0.389 e. The topological polar surface area (TPSA) is 50.9 Å². The van der Waals surface area contributed by atoms with E-state index in [1.165, 1.54) is 12.1 Å². The van der Waals surface area contributed by atoms with Gasteiger partial charge in [0.2, 0.25) is 0 Å². The summed E-state index contributed by atoms with van der Waals surface area (Å²) in [6, 6.07) is 6.26. The predicted molar refractivity (Wildman–Crippen MR) is 74.5 cm³/mol. The van der Waals surface area contributed by atoms with E-state index < -0.39 is 0 Å². The van der Waals surface area contributed by atoms with E-state index in [9.17, 15) is 4.39 Å². The molecule has 2 aromatic rings. The summed E-state index contributed by atoms with van der Waals surface area (Å²) in [4.78, 5) is 4.31. The van der Waals surface area contributed by atoms with E-state index in [4.69, 9.17) is 18.0 Å². The quantitative estimate of drug-likeness (QED) is 0.834. The Morgan fingerprint density at radius 3 is 2.78 bits per heavy atom. The van der Waals surface area contributed by atoms with Gasteiger partial charge < -0.3 is 11.1 Å². The van der Waals surface area contributed by atoms with Crippen molar-refractivity contribution < 1.29 is 4.39 Å². The number of nitrogens with one attached hydrogen (secondary N) is 1. The lowest BCUT2D eigenvalue weighted by Gasteiger charge is -2.12. The normalized spacial score (nSPS) is 10.1. The summed E-state index contributed by atoms with van der Waals surface area (Å²) in [5.74, 6) is -0.265. The van der Waals surface area contributed by atoms with Gasteiger partial charge in [-0.15, -0.1) is 0 Å². The summed E-state index contributed by atoms with van der Waals surface area (Å²) in [5, 5.41) is 3.15. The molecule has 1 heterocycles. The van der Waals surface area contributed by atoms with Gasteiger partial charge in [-0.1, -0.05) is 12.2 Å². The second-order valence-corrected chi connectivity index (χ2v) is 4.31. The highest BCUT2D eigenvalue weighted by Gasteiger charge is 2.07. The number of nitrogens with zero attached hydrogens (tertiary/aromatic N) is 1. The van der Waals surface area contributed by atoms with Gasteiger partial charge in [-0.2, -0.15) is 0 Å². The molecular weight excluding hydrogens is 249 g/mol. The molecular formula is C13H12FN3S. The molecule has 0 unspecified atom stereocenters. The SMILES string of the molecule is Cc1cc(F)ccc1Nc1cnccc1C(N)=S. The van der Waals surface area contributed by atoms with Gasteiger partial charge in [0.25, 0.3) is 0 Å². The van der Waals surface area contributed by atoms with Crippen LogP contribution in [-0.2, 0) is 0 Å². The summed E-state index contributed by atoms with van der Waals surface area (Å²) in [7, 11) is 0. The van der Waals surface area contributed by atoms with Crippen molar-refractivity contribution in [3.05, 3.63) is 53.6 Å². The number of pyridine rings is 1. The highest BCUT2D eigenvalue weighted by Crippen LogP contribution is 2.23. The molecule has 0 aliphatic rings. The molecule has 0 fully saturated rings. The van der Waals surface area contributed by atoms with Crippen LogP contribution in [0.1, 0.15) is 11.1 Å². The third-order valence-corrected chi connectivity index (χ3v) is 2.76. The molecule has 2 rings (SSSR count). The molecule has 0 spiro atoms. The summed E-state index contributed by atoms with van der Waals surface area (Å²) in [5.41, 5.74) is 8.65. The Hall–Kier alpha value is -2.01. The van der Waals surface area contributed by atoms with Crippen molar-refractivity contribution in [2.75, 3.05) is 5.32 Å². The molecule has 3 N–H and O–H groups in total. The monoisotopic (exact) mass is 261 g/mol. The summed E-state index contributed by atoms with van der Waals surface area (Å²) < 4.78 is 13.0. The first-order valence-corrected chi connectivity index (χ1v) is 5.76. The minimum absolute atomic E-state index is 0.265. The molecule has 0 aliphatic heterocycles. The maximum Gasteiger partial charge on any atom is 0.123 e. The summed E-state index contributed by atoms with van der Waals surface area (Å²) >= 11 is 4.97. The van der Waals surface area contributed by atoms with Crippen LogP contribution >= 0.6 is 12.2 Å². The molecule has 0 radical (unpaired) electrons. The molecule has 0 bridgehead atoms. The van der Waals surface area contributed by atoms with Gasteiger partial charge in [0.15, 0.2) is 0 Å². The zero-order valence-electron chi connectivity index (χ0n) is 9.77. The minimum Gasteiger partial charge on any atom is -0.389 e. The number of hydrogen-bond acceptors (Lipinski definition) is 3. The van der Waals surface area contributed by atoms with Crippen LogP contribution < -0.4 is 11.1 Å². The molecule has 0 saturated carbocycles. The first-order valence-electron chi connectivity index (χ1n) is 5.35. The fourth-order valence-corrected chi connectivity index (χ4v) is 1.80. The molecule has 18 heavy (non-hydrogen) atoms. The van der Waals surface area contributed by atoms with E-state index in [-0.39, 0.29) is 5.82 Å². The van der Waals surface area contributed by atoms with Crippen LogP contribution in [0.25, 0.3) is 0 Å². The molecule has 0 aliphatic carbocycles. The molecule has 0 saturated heterocycles. The van der Waals surface area contributed by atoms with Crippen LogP contribution in [0.2, 0.25) is 0 Å². The fraction of sp³-hybridized carbons (Fsp3) is 0.0769. The van der Waals surface area contributed by atoms with E-state index in [1.807, 2.05) is 6.92 Å². The van der Waals surface area contributed by atoms with E-state index in [1.54, 1.807) is 24.5 Å². The van der Waals surface area contributed by atoms with Crippen molar-refractivity contribution in [3.8, 4) is 0 Å². The first-order chi connectivity index (χ1) is 8.58. The predicted octanol–water partition coefficient (Wildman–Crippen LogP) is 2.91. The number of benzene rings is 1. The van der Waals surface area contributed by atoms with Crippen LogP contribution in [0.5, 0.6) is 0 Å². The van der Waals surface area contributed by atoms with Crippen LogP contribution in [-0.4, -0.2) is 9.97 Å². The van der Waals surface area contributed by atoms with Crippen LogP contribution in [0.15, 0.2) is 36.7 Å². The number of aryl methyl sites for hydroxylation is 1. The molecule has 92 valence electrons. The number of rotatable bonds is 3. The molecule has 0 amide bonds. The average Bonchev–Trinajstić information content (AvgIpc) is 2.33. The number of hydrogen-bond donors (Lipinski definition) is 2. The minimum atomic E-state index is -0.265. The number of thiocarbonyl (C=S) groups is 1. The Labute approximate surface area is 110 Å². The lowest BCUT2D eigenvalue weighted by Crippen LogP contribution is -2.12. The Kier molecular flexibility index (Phi) is 3.53. The lowest BCUT2D eigenvalue weighted by atomic mass is 10.1. The zero-order chi connectivity index (χ0) is 13.1. The second-order valence-electron chi connectivity index (χ2n) is 3.87. The third-order valence-electron chi connectivity index (χ3n) is 2.54. The smallest absolute Gasteiger partial charge is 0.123 e.